The number of carbonyl (C=O) groups is 2. The van der Waals surface area contributed by atoms with Gasteiger partial charge in [-0.05, 0) is 16.7 Å². The largest absolute Gasteiger partial charge is 0.448 e. The van der Waals surface area contributed by atoms with Gasteiger partial charge in [0.1, 0.15) is 17.1 Å². The van der Waals surface area contributed by atoms with Crippen LogP contribution in [0.1, 0.15) is 17.2 Å². The van der Waals surface area contributed by atoms with Crippen LogP contribution in [0.2, 0.25) is 0 Å². The number of β-lactam (4-membered cyclic amide) rings is 1. The van der Waals surface area contributed by atoms with Crippen LogP contribution in [0.25, 0.3) is 0 Å². The van der Waals surface area contributed by atoms with Crippen LogP contribution in [0, 0.1) is 0 Å². The van der Waals surface area contributed by atoms with Gasteiger partial charge < -0.3 is 15.2 Å². The highest BCUT2D eigenvalue weighted by atomic mass is 32.2. The van der Waals surface area contributed by atoms with Crippen LogP contribution in [0.15, 0.2) is 71.9 Å². The van der Waals surface area contributed by atoms with Gasteiger partial charge in [0.2, 0.25) is 5.91 Å². The number of ether oxygens (including phenoxy) is 2. The minimum atomic E-state index is -0.592. The topological polar surface area (TPSA) is 81.9 Å². The molecular formula is C22H22N2O4S. The number of methoxy groups -OCH3 is 1. The van der Waals surface area contributed by atoms with Crippen LogP contribution < -0.4 is 5.73 Å². The predicted molar refractivity (Wildman–Crippen MR) is 111 cm³/mol. The van der Waals surface area contributed by atoms with Crippen LogP contribution in [0.5, 0.6) is 0 Å². The minimum Gasteiger partial charge on any atom is -0.448 e. The van der Waals surface area contributed by atoms with Crippen LogP contribution in [-0.4, -0.2) is 47.7 Å². The first kappa shape index (κ1) is 19.7. The molecule has 1 fully saturated rings. The highest BCUT2D eigenvalue weighted by Crippen LogP contribution is 2.40. The van der Waals surface area contributed by atoms with Crippen molar-refractivity contribution >= 4 is 23.6 Å². The van der Waals surface area contributed by atoms with Gasteiger partial charge >= 0.3 is 5.97 Å². The molecule has 2 aromatic rings. The molecule has 2 atom stereocenters. The maximum absolute atomic E-state index is 13.3. The average molecular weight is 410 g/mol. The Kier molecular flexibility index (Phi) is 5.71. The Bertz CT molecular complexity index is 893. The van der Waals surface area contributed by atoms with Crippen molar-refractivity contribution in [2.75, 3.05) is 19.5 Å². The quantitative estimate of drug-likeness (QED) is 0.582. The smallest absolute Gasteiger partial charge is 0.356 e. The molecule has 2 heterocycles. The van der Waals surface area contributed by atoms with Crippen molar-refractivity contribution < 1.29 is 19.1 Å². The molecule has 0 saturated carbocycles. The lowest BCUT2D eigenvalue weighted by atomic mass is 10.0. The van der Waals surface area contributed by atoms with Gasteiger partial charge in [-0.1, -0.05) is 60.7 Å². The molecule has 0 bridgehead atoms. The Labute approximate surface area is 173 Å². The molecule has 0 spiro atoms. The molecule has 0 aromatic heterocycles. The second-order valence-electron chi connectivity index (χ2n) is 6.93. The van der Waals surface area contributed by atoms with E-state index < -0.39 is 18.1 Å². The van der Waals surface area contributed by atoms with Gasteiger partial charge in [0, 0.05) is 12.9 Å². The molecule has 7 heteroatoms. The maximum Gasteiger partial charge on any atom is 0.356 e. The van der Waals surface area contributed by atoms with Crippen LogP contribution in [0.3, 0.4) is 0 Å². The number of fused-ring (bicyclic) bond motifs is 1. The summed E-state index contributed by atoms with van der Waals surface area (Å²) in [6.07, 6.45) is -0.584. The molecule has 1 amide bonds. The average Bonchev–Trinajstić information content (AvgIpc) is 2.77. The third-order valence-corrected chi connectivity index (χ3v) is 6.39. The van der Waals surface area contributed by atoms with Gasteiger partial charge in [-0.15, -0.1) is 11.8 Å². The zero-order valence-corrected chi connectivity index (χ0v) is 16.8. The number of nitrogens with zero attached hydrogens (tertiary/aromatic N) is 1. The fourth-order valence-corrected chi connectivity index (χ4v) is 4.87. The molecular weight excluding hydrogens is 388 g/mol. The molecule has 4 rings (SSSR count). The molecule has 0 aliphatic carbocycles. The molecule has 1 unspecified atom stereocenters. The molecule has 2 aliphatic rings. The van der Waals surface area contributed by atoms with Gasteiger partial charge in [-0.3, -0.25) is 9.69 Å². The molecule has 2 aromatic carbocycles. The van der Waals surface area contributed by atoms with E-state index in [0.29, 0.717) is 5.75 Å². The summed E-state index contributed by atoms with van der Waals surface area (Å²) in [6, 6.07) is 18.5. The monoisotopic (exact) mass is 410 g/mol. The maximum atomic E-state index is 13.3. The summed E-state index contributed by atoms with van der Waals surface area (Å²) < 4.78 is 11.2. The zero-order chi connectivity index (χ0) is 20.4. The molecule has 1 saturated heterocycles. The fourth-order valence-electron chi connectivity index (χ4n) is 3.60. The molecule has 2 aliphatic heterocycles. The first-order chi connectivity index (χ1) is 14.1. The lowest BCUT2D eigenvalue weighted by Crippen LogP contribution is -2.68. The van der Waals surface area contributed by atoms with Crippen LogP contribution >= 0.6 is 11.8 Å². The summed E-state index contributed by atoms with van der Waals surface area (Å²) in [5.41, 5.74) is 8.63. The summed E-state index contributed by atoms with van der Waals surface area (Å²) >= 11 is 1.54. The van der Waals surface area contributed by atoms with E-state index in [1.165, 1.54) is 4.90 Å². The molecule has 6 nitrogen and oxygen atoms in total. The number of carbonyl (C=O) groups excluding carboxylic acids is 2. The second-order valence-corrected chi connectivity index (χ2v) is 8.03. The van der Waals surface area contributed by atoms with Crippen LogP contribution in [0.4, 0.5) is 0 Å². The highest BCUT2D eigenvalue weighted by Gasteiger charge is 2.52. The summed E-state index contributed by atoms with van der Waals surface area (Å²) in [5, 5.41) is -0.238. The van der Waals surface area contributed by atoms with Crippen molar-refractivity contribution in [1.82, 2.24) is 4.90 Å². The van der Waals surface area contributed by atoms with E-state index in [4.69, 9.17) is 15.2 Å². The van der Waals surface area contributed by atoms with E-state index >= 15 is 0 Å². The van der Waals surface area contributed by atoms with Gasteiger partial charge in [-0.25, -0.2) is 4.79 Å². The van der Waals surface area contributed by atoms with E-state index in [2.05, 4.69) is 0 Å². The van der Waals surface area contributed by atoms with Gasteiger partial charge in [0.15, 0.2) is 6.10 Å². The van der Waals surface area contributed by atoms with E-state index in [1.807, 2.05) is 60.7 Å². The Morgan fingerprint density at radius 1 is 1.14 bits per heavy atom. The number of hydrogen-bond acceptors (Lipinski definition) is 6. The minimum absolute atomic E-state index is 0.238. The summed E-state index contributed by atoms with van der Waals surface area (Å²) in [5.74, 6) is -0.235. The van der Waals surface area contributed by atoms with Gasteiger partial charge in [0.05, 0.1) is 6.61 Å². The van der Waals surface area contributed by atoms with Gasteiger partial charge in [0.25, 0.3) is 0 Å². The molecule has 150 valence electrons. The van der Waals surface area contributed by atoms with Crippen molar-refractivity contribution in [2.24, 2.45) is 5.73 Å². The van der Waals surface area contributed by atoms with Crippen LogP contribution in [-0.2, 0) is 19.1 Å². The number of thioether (sulfide) groups is 1. The highest BCUT2D eigenvalue weighted by molar-refractivity contribution is 8.00. The third-order valence-electron chi connectivity index (χ3n) is 5.03. The number of benzene rings is 2. The SMILES string of the molecule is COCC1=C(C(=O)OC(c2ccccc2)c2ccccc2)N2C(=O)C(N)[C@H]2SC1. The second kappa shape index (κ2) is 8.41. The van der Waals surface area contributed by atoms with E-state index in [0.717, 1.165) is 16.7 Å². The molecule has 2 N–H and O–H groups in total. The molecule has 29 heavy (non-hydrogen) atoms. The Hall–Kier alpha value is -2.61. The van der Waals surface area contributed by atoms with E-state index in [9.17, 15) is 9.59 Å². The fraction of sp³-hybridized carbons (Fsp3) is 0.273. The summed E-state index contributed by atoms with van der Waals surface area (Å²) in [7, 11) is 1.56. The van der Waals surface area contributed by atoms with E-state index in [-0.39, 0.29) is 23.6 Å². The van der Waals surface area contributed by atoms with Crippen molar-refractivity contribution in [1.29, 1.82) is 0 Å². The predicted octanol–water partition coefficient (Wildman–Crippen LogP) is 2.46. The number of esters is 1. The first-order valence-corrected chi connectivity index (χ1v) is 10.4. The van der Waals surface area contributed by atoms with Crippen molar-refractivity contribution in [2.45, 2.75) is 17.5 Å². The Balaban J connectivity index is 1.68. The Morgan fingerprint density at radius 3 is 2.28 bits per heavy atom. The standard InChI is InChI=1S/C22H22N2O4S/c1-27-12-16-13-29-21-17(23)20(25)24(21)18(16)22(26)28-19(14-8-4-2-5-9-14)15-10-6-3-7-11-15/h2-11,17,19,21H,12-13,23H2,1H3/t17?,21-/m1/s1. The summed E-state index contributed by atoms with van der Waals surface area (Å²) in [4.78, 5) is 27.2. The number of rotatable bonds is 6. The third kappa shape index (κ3) is 3.69. The van der Waals surface area contributed by atoms with Crippen molar-refractivity contribution in [3.63, 3.8) is 0 Å². The first-order valence-electron chi connectivity index (χ1n) is 9.34. The lowest BCUT2D eigenvalue weighted by Gasteiger charge is -2.48. The number of amides is 1. The summed E-state index contributed by atoms with van der Waals surface area (Å²) in [6.45, 7) is 0.254. The zero-order valence-electron chi connectivity index (χ0n) is 16.0. The van der Waals surface area contributed by atoms with Gasteiger partial charge in [-0.2, -0.15) is 0 Å². The number of nitrogens with two attached hydrogens (primary N) is 1. The van der Waals surface area contributed by atoms with Crippen molar-refractivity contribution in [3.8, 4) is 0 Å². The number of hydrogen-bond donors (Lipinski definition) is 1. The molecule has 0 radical (unpaired) electrons. The van der Waals surface area contributed by atoms with Crippen molar-refractivity contribution in [3.05, 3.63) is 83.1 Å². The van der Waals surface area contributed by atoms with E-state index in [1.54, 1.807) is 18.9 Å². The normalized spacial score (nSPS) is 21.1. The Morgan fingerprint density at radius 2 is 1.72 bits per heavy atom. The lowest BCUT2D eigenvalue weighted by molar-refractivity contribution is -0.153.